The maximum absolute atomic E-state index is 12.7. The Bertz CT molecular complexity index is 646. The average Bonchev–Trinajstić information content (AvgIpc) is 3.10. The lowest BCUT2D eigenvalue weighted by Gasteiger charge is -2.37. The number of carbonyl (C=O) groups is 2. The molecule has 2 saturated carbocycles. The zero-order valence-corrected chi connectivity index (χ0v) is 11.7. The van der Waals surface area contributed by atoms with Gasteiger partial charge in [0, 0.05) is 0 Å². The van der Waals surface area contributed by atoms with Gasteiger partial charge in [0.15, 0.2) is 0 Å². The molecule has 0 N–H and O–H groups in total. The predicted molar refractivity (Wildman–Crippen MR) is 71.8 cm³/mol. The summed E-state index contributed by atoms with van der Waals surface area (Å²) >= 11 is 1.31. The van der Waals surface area contributed by atoms with Gasteiger partial charge in [-0.05, 0) is 37.0 Å². The van der Waals surface area contributed by atoms with Gasteiger partial charge in [0.1, 0.15) is 5.01 Å². The molecule has 6 atom stereocenters. The number of anilines is 1. The van der Waals surface area contributed by atoms with Crippen LogP contribution in [-0.2, 0) is 9.59 Å². The second-order valence-corrected chi connectivity index (χ2v) is 7.43. The van der Waals surface area contributed by atoms with Gasteiger partial charge < -0.3 is 0 Å². The number of rotatable bonds is 1. The van der Waals surface area contributed by atoms with Gasteiger partial charge in [0.05, 0.1) is 11.8 Å². The molecule has 2 amide bonds. The summed E-state index contributed by atoms with van der Waals surface area (Å²) in [5, 5.41) is 9.14. The predicted octanol–water partition coefficient (Wildman–Crippen LogP) is 1.40. The molecule has 3 fully saturated rings. The van der Waals surface area contributed by atoms with Gasteiger partial charge in [-0.15, -0.1) is 10.2 Å². The number of nitrogens with zero attached hydrogens (tertiary/aromatic N) is 3. The van der Waals surface area contributed by atoms with Gasteiger partial charge in [-0.2, -0.15) is 0 Å². The molecule has 1 aliphatic heterocycles. The number of hydrogen-bond donors (Lipinski definition) is 0. The number of carbonyl (C=O) groups excluding carboxylic acids is 2. The van der Waals surface area contributed by atoms with Crippen LogP contribution in [0.5, 0.6) is 0 Å². The third-order valence-corrected chi connectivity index (χ3v) is 6.19. The summed E-state index contributed by atoms with van der Waals surface area (Å²) in [6, 6.07) is 0. The van der Waals surface area contributed by atoms with Crippen molar-refractivity contribution in [3.63, 3.8) is 0 Å². The highest BCUT2D eigenvalue weighted by Crippen LogP contribution is 2.65. The Hall–Kier alpha value is -1.56. The summed E-state index contributed by atoms with van der Waals surface area (Å²) in [5.74, 6) is 1.41. The van der Waals surface area contributed by atoms with E-state index < -0.39 is 0 Å². The smallest absolute Gasteiger partial charge is 0.240 e. The lowest BCUT2D eigenvalue weighted by atomic mass is 9.63. The van der Waals surface area contributed by atoms with E-state index in [0.717, 1.165) is 5.01 Å². The van der Waals surface area contributed by atoms with E-state index in [0.29, 0.717) is 17.0 Å². The van der Waals surface area contributed by atoms with Crippen molar-refractivity contribution in [3.05, 3.63) is 17.2 Å². The maximum Gasteiger partial charge on any atom is 0.240 e. The Morgan fingerprint density at radius 3 is 2.20 bits per heavy atom. The third-order valence-electron chi connectivity index (χ3n) is 5.37. The van der Waals surface area contributed by atoms with Gasteiger partial charge in [-0.25, -0.2) is 4.90 Å². The van der Waals surface area contributed by atoms with Crippen molar-refractivity contribution in [2.24, 2.45) is 35.5 Å². The highest BCUT2D eigenvalue weighted by molar-refractivity contribution is 7.15. The van der Waals surface area contributed by atoms with E-state index in [1.54, 1.807) is 0 Å². The molecule has 0 unspecified atom stereocenters. The van der Waals surface area contributed by atoms with Crippen LogP contribution in [0.15, 0.2) is 12.2 Å². The van der Waals surface area contributed by atoms with Crippen LogP contribution in [0.3, 0.4) is 0 Å². The molecular weight excluding hydrogens is 274 g/mol. The molecule has 2 heterocycles. The summed E-state index contributed by atoms with van der Waals surface area (Å²) in [6.45, 7) is 1.83. The molecule has 1 aromatic rings. The minimum Gasteiger partial charge on any atom is -0.274 e. The Labute approximate surface area is 119 Å². The van der Waals surface area contributed by atoms with Crippen LogP contribution in [0.2, 0.25) is 0 Å². The fourth-order valence-electron chi connectivity index (χ4n) is 4.52. The van der Waals surface area contributed by atoms with Gasteiger partial charge in [-0.3, -0.25) is 9.59 Å². The summed E-state index contributed by atoms with van der Waals surface area (Å²) in [6.07, 6.45) is 5.55. The number of hydrogen-bond acceptors (Lipinski definition) is 5. The number of aryl methyl sites for hydroxylation is 1. The van der Waals surface area contributed by atoms with Crippen molar-refractivity contribution in [1.29, 1.82) is 0 Å². The zero-order valence-electron chi connectivity index (χ0n) is 10.9. The minimum atomic E-state index is -0.148. The van der Waals surface area contributed by atoms with E-state index in [1.165, 1.54) is 22.7 Å². The molecule has 102 valence electrons. The van der Waals surface area contributed by atoms with Crippen LogP contribution in [0.25, 0.3) is 0 Å². The van der Waals surface area contributed by atoms with Crippen molar-refractivity contribution in [3.8, 4) is 0 Å². The van der Waals surface area contributed by atoms with E-state index in [9.17, 15) is 9.59 Å². The van der Waals surface area contributed by atoms with Crippen molar-refractivity contribution in [2.75, 3.05) is 4.90 Å². The molecule has 5 nitrogen and oxygen atoms in total. The molecule has 1 aromatic heterocycles. The topological polar surface area (TPSA) is 63.2 Å². The van der Waals surface area contributed by atoms with E-state index in [-0.39, 0.29) is 35.5 Å². The van der Waals surface area contributed by atoms with Crippen molar-refractivity contribution in [2.45, 2.75) is 13.3 Å². The number of amides is 2. The molecule has 20 heavy (non-hydrogen) atoms. The maximum atomic E-state index is 12.7. The molecule has 6 rings (SSSR count). The number of aromatic nitrogens is 2. The van der Waals surface area contributed by atoms with E-state index >= 15 is 0 Å². The fraction of sp³-hybridized carbons (Fsp3) is 0.571. The Morgan fingerprint density at radius 2 is 1.70 bits per heavy atom. The van der Waals surface area contributed by atoms with Crippen molar-refractivity contribution < 1.29 is 9.59 Å². The van der Waals surface area contributed by atoms with E-state index in [4.69, 9.17) is 0 Å². The van der Waals surface area contributed by atoms with E-state index in [1.807, 2.05) is 6.92 Å². The summed E-state index contributed by atoms with van der Waals surface area (Å²) < 4.78 is 0. The summed E-state index contributed by atoms with van der Waals surface area (Å²) in [4.78, 5) is 26.8. The monoisotopic (exact) mass is 287 g/mol. The first-order valence-electron chi connectivity index (χ1n) is 7.03. The normalized spacial score (nSPS) is 44.0. The van der Waals surface area contributed by atoms with Gasteiger partial charge in [0.2, 0.25) is 16.9 Å². The first-order chi connectivity index (χ1) is 9.66. The quantitative estimate of drug-likeness (QED) is 0.578. The Balaban J connectivity index is 1.60. The Morgan fingerprint density at radius 1 is 1.10 bits per heavy atom. The van der Waals surface area contributed by atoms with Gasteiger partial charge in [-0.1, -0.05) is 23.5 Å². The molecule has 2 bridgehead atoms. The second-order valence-electron chi connectivity index (χ2n) is 6.27. The molecule has 5 aliphatic rings. The average molecular weight is 287 g/mol. The third kappa shape index (κ3) is 1.15. The molecule has 1 saturated heterocycles. The lowest BCUT2D eigenvalue weighted by Crippen LogP contribution is -2.40. The lowest BCUT2D eigenvalue weighted by molar-refractivity contribution is -0.124. The van der Waals surface area contributed by atoms with E-state index in [2.05, 4.69) is 22.3 Å². The SMILES string of the molecule is Cc1nnc(N2C(=O)[C@H]3[C@@H]4C=C[C@H]([C@H]5C[C@H]45)[C@@H]3C2=O)s1. The van der Waals surface area contributed by atoms with Crippen LogP contribution in [-0.4, -0.2) is 22.0 Å². The molecule has 6 heteroatoms. The standard InChI is InChI=1S/C14H13N3O2S/c1-5-15-16-14(20-5)17-12(18)10-6-2-3-7(9-4-8(6)9)11(10)13(17)19/h2-3,6-11H,4H2,1H3/t6-,7-,8-,9-,10+,11+/m1/s1. The van der Waals surface area contributed by atoms with Crippen LogP contribution < -0.4 is 4.90 Å². The molecular formula is C14H13N3O2S. The van der Waals surface area contributed by atoms with Gasteiger partial charge >= 0.3 is 0 Å². The van der Waals surface area contributed by atoms with Crippen LogP contribution in [0.4, 0.5) is 5.13 Å². The highest BCUT2D eigenvalue weighted by atomic mass is 32.1. The molecule has 4 aliphatic carbocycles. The minimum absolute atomic E-state index is 0.0548. The second kappa shape index (κ2) is 3.36. The first kappa shape index (κ1) is 11.1. The zero-order chi connectivity index (χ0) is 13.6. The highest BCUT2D eigenvalue weighted by Gasteiger charge is 2.67. The van der Waals surface area contributed by atoms with Crippen molar-refractivity contribution in [1.82, 2.24) is 10.2 Å². The number of allylic oxidation sites excluding steroid dienone is 2. The molecule has 0 aromatic carbocycles. The number of imide groups is 1. The summed E-state index contributed by atoms with van der Waals surface area (Å²) in [5.41, 5.74) is 0. The van der Waals surface area contributed by atoms with Crippen molar-refractivity contribution >= 4 is 28.3 Å². The van der Waals surface area contributed by atoms with Gasteiger partial charge in [0.25, 0.3) is 0 Å². The molecule has 0 radical (unpaired) electrons. The molecule has 0 spiro atoms. The largest absolute Gasteiger partial charge is 0.274 e. The van der Waals surface area contributed by atoms with Crippen LogP contribution in [0.1, 0.15) is 11.4 Å². The first-order valence-corrected chi connectivity index (χ1v) is 7.84. The Kier molecular flexibility index (Phi) is 1.87. The van der Waals surface area contributed by atoms with Crippen LogP contribution >= 0.6 is 11.3 Å². The van der Waals surface area contributed by atoms with Crippen LogP contribution in [0, 0.1) is 42.4 Å². The fourth-order valence-corrected chi connectivity index (χ4v) is 5.22. The summed E-state index contributed by atoms with van der Waals surface area (Å²) in [7, 11) is 0.